The number of ketones is 1. The molecule has 1 saturated heterocycles. The van der Waals surface area contributed by atoms with E-state index in [0.29, 0.717) is 53.4 Å². The third-order valence-electron chi connectivity index (χ3n) is 6.83. The lowest BCUT2D eigenvalue weighted by atomic mass is 9.82. The molecule has 3 heterocycles. The van der Waals surface area contributed by atoms with Crippen molar-refractivity contribution >= 4 is 35.1 Å². The lowest BCUT2D eigenvalue weighted by Gasteiger charge is -2.44. The Bertz CT molecular complexity index is 1160. The summed E-state index contributed by atoms with van der Waals surface area (Å²) < 4.78 is 6.28. The number of ether oxygens (including phenoxy) is 1. The van der Waals surface area contributed by atoms with Crippen LogP contribution in [-0.4, -0.2) is 58.5 Å². The molecule has 0 unspecified atom stereocenters. The zero-order valence-corrected chi connectivity index (χ0v) is 19.0. The number of halogens is 1. The first-order valence-corrected chi connectivity index (χ1v) is 11.4. The number of Topliss-reactive ketones (excluding diaryl/α,β-unsaturated/α-hetero) is 1. The highest BCUT2D eigenvalue weighted by molar-refractivity contribution is 6.31. The van der Waals surface area contributed by atoms with Crippen molar-refractivity contribution in [3.63, 3.8) is 0 Å². The number of aryl methyl sites for hydroxylation is 1. The Morgan fingerprint density at radius 2 is 1.67 bits per heavy atom. The van der Waals surface area contributed by atoms with Crippen LogP contribution >= 0.6 is 11.6 Å². The first kappa shape index (κ1) is 21.6. The molecule has 0 aromatic heterocycles. The Balaban J connectivity index is 1.20. The van der Waals surface area contributed by atoms with Gasteiger partial charge in [0.2, 0.25) is 5.91 Å². The van der Waals surface area contributed by atoms with E-state index < -0.39 is 5.60 Å². The predicted molar refractivity (Wildman–Crippen MR) is 121 cm³/mol. The van der Waals surface area contributed by atoms with Crippen LogP contribution < -0.4 is 4.74 Å². The summed E-state index contributed by atoms with van der Waals surface area (Å²) in [6.45, 7) is 2.83. The van der Waals surface area contributed by atoms with Crippen LogP contribution in [0, 0.1) is 6.92 Å². The molecule has 2 aromatic rings. The molecule has 0 N–H and O–H groups in total. The molecule has 0 aliphatic carbocycles. The fourth-order valence-corrected chi connectivity index (χ4v) is 5.03. The number of carbonyl (C=O) groups is 4. The van der Waals surface area contributed by atoms with E-state index in [9.17, 15) is 19.2 Å². The van der Waals surface area contributed by atoms with Crippen molar-refractivity contribution in [3.8, 4) is 5.75 Å². The highest BCUT2D eigenvalue weighted by atomic mass is 35.5. The molecule has 8 heteroatoms. The van der Waals surface area contributed by atoms with Gasteiger partial charge in [0.05, 0.1) is 23.1 Å². The molecule has 5 rings (SSSR count). The maximum absolute atomic E-state index is 12.8. The average Bonchev–Trinajstić information content (AvgIpc) is 3.04. The van der Waals surface area contributed by atoms with E-state index in [4.69, 9.17) is 16.3 Å². The van der Waals surface area contributed by atoms with Gasteiger partial charge in [-0.3, -0.25) is 24.1 Å². The normalized spacial score (nSPS) is 18.9. The smallest absolute Gasteiger partial charge is 0.261 e. The number of hydrogen-bond donors (Lipinski definition) is 0. The fraction of sp³-hybridized carbons (Fsp3) is 0.360. The maximum atomic E-state index is 12.8. The average molecular weight is 467 g/mol. The van der Waals surface area contributed by atoms with Crippen LogP contribution in [0.2, 0.25) is 5.02 Å². The Kier molecular flexibility index (Phi) is 5.24. The van der Waals surface area contributed by atoms with E-state index in [1.54, 1.807) is 41.3 Å². The highest BCUT2D eigenvalue weighted by Gasteiger charge is 2.44. The fourth-order valence-electron chi connectivity index (χ4n) is 4.86. The van der Waals surface area contributed by atoms with Crippen molar-refractivity contribution in [1.82, 2.24) is 9.80 Å². The summed E-state index contributed by atoms with van der Waals surface area (Å²) in [6.07, 6.45) is 1.41. The number of amides is 3. The molecule has 1 spiro atoms. The van der Waals surface area contributed by atoms with Crippen LogP contribution in [0.15, 0.2) is 36.4 Å². The van der Waals surface area contributed by atoms with Gasteiger partial charge in [-0.15, -0.1) is 0 Å². The molecular formula is C25H23ClN2O5. The number of rotatable bonds is 3. The largest absolute Gasteiger partial charge is 0.486 e. The second kappa shape index (κ2) is 7.99. The van der Waals surface area contributed by atoms with Crippen LogP contribution in [0.3, 0.4) is 0 Å². The van der Waals surface area contributed by atoms with Gasteiger partial charge in [0.25, 0.3) is 11.8 Å². The van der Waals surface area contributed by atoms with E-state index >= 15 is 0 Å². The van der Waals surface area contributed by atoms with Gasteiger partial charge >= 0.3 is 0 Å². The third-order valence-corrected chi connectivity index (χ3v) is 7.23. The number of fused-ring (bicyclic) bond motifs is 2. The lowest BCUT2D eigenvalue weighted by Crippen LogP contribution is -2.52. The molecule has 3 aliphatic rings. The summed E-state index contributed by atoms with van der Waals surface area (Å²) in [6, 6.07) is 10.2. The third kappa shape index (κ3) is 3.70. The van der Waals surface area contributed by atoms with Crippen molar-refractivity contribution in [1.29, 1.82) is 0 Å². The van der Waals surface area contributed by atoms with E-state index in [2.05, 4.69) is 0 Å². The van der Waals surface area contributed by atoms with Gasteiger partial charge in [-0.1, -0.05) is 23.7 Å². The first-order chi connectivity index (χ1) is 15.8. The lowest BCUT2D eigenvalue weighted by molar-refractivity contribution is -0.134. The van der Waals surface area contributed by atoms with Crippen LogP contribution in [0.5, 0.6) is 5.75 Å². The number of likely N-dealkylation sites (tertiary alicyclic amines) is 1. The number of hydrogen-bond acceptors (Lipinski definition) is 5. The van der Waals surface area contributed by atoms with E-state index in [-0.39, 0.29) is 42.9 Å². The van der Waals surface area contributed by atoms with Gasteiger partial charge in [-0.25, -0.2) is 0 Å². The predicted octanol–water partition coefficient (Wildman–Crippen LogP) is 3.66. The van der Waals surface area contributed by atoms with E-state index in [1.807, 2.05) is 6.92 Å². The topological polar surface area (TPSA) is 84.0 Å². The van der Waals surface area contributed by atoms with Gasteiger partial charge in [-0.2, -0.15) is 0 Å². The molecule has 0 saturated carbocycles. The number of benzene rings is 2. The Morgan fingerprint density at radius 1 is 1.03 bits per heavy atom. The molecule has 33 heavy (non-hydrogen) atoms. The van der Waals surface area contributed by atoms with Gasteiger partial charge in [0, 0.05) is 43.9 Å². The quantitative estimate of drug-likeness (QED) is 0.644. The van der Waals surface area contributed by atoms with Crippen LogP contribution in [0.1, 0.15) is 62.3 Å². The van der Waals surface area contributed by atoms with E-state index in [0.717, 1.165) is 10.5 Å². The second-order valence-electron chi connectivity index (χ2n) is 8.92. The SMILES string of the molecule is Cc1cc2c(cc1Cl)C(=O)CC1(CCN(C(=O)CCN3C(=O)c4ccccc4C3=O)CC1)O2. The minimum absolute atomic E-state index is 0.00329. The van der Waals surface area contributed by atoms with Gasteiger partial charge in [-0.05, 0) is 36.8 Å². The molecule has 3 amide bonds. The summed E-state index contributed by atoms with van der Waals surface area (Å²) in [7, 11) is 0. The van der Waals surface area contributed by atoms with E-state index in [1.165, 1.54) is 0 Å². The Labute approximate surface area is 196 Å². The molecule has 2 aromatic carbocycles. The van der Waals surface area contributed by atoms with Crippen molar-refractivity contribution in [2.45, 2.75) is 38.2 Å². The van der Waals surface area contributed by atoms with Crippen molar-refractivity contribution < 1.29 is 23.9 Å². The van der Waals surface area contributed by atoms with Gasteiger partial charge in [0.15, 0.2) is 5.78 Å². The zero-order chi connectivity index (χ0) is 23.3. The molecule has 170 valence electrons. The standard InChI is InChI=1S/C25H23ClN2O5/c1-15-12-21-18(13-19(15)26)20(29)14-25(33-21)7-10-27(11-8-25)22(30)6-9-28-23(31)16-4-2-3-5-17(16)24(28)32/h2-5,12-13H,6-11,14H2,1H3. The molecule has 1 fully saturated rings. The summed E-state index contributed by atoms with van der Waals surface area (Å²) in [4.78, 5) is 53.4. The number of piperidine rings is 1. The summed E-state index contributed by atoms with van der Waals surface area (Å²) in [5.74, 6) is -0.276. The molecule has 7 nitrogen and oxygen atoms in total. The Hall–Kier alpha value is -3.19. The highest BCUT2D eigenvalue weighted by Crippen LogP contribution is 2.41. The Morgan fingerprint density at radius 3 is 2.30 bits per heavy atom. The van der Waals surface area contributed by atoms with Crippen LogP contribution in [0.25, 0.3) is 0 Å². The molecular weight excluding hydrogens is 444 g/mol. The van der Waals surface area contributed by atoms with Crippen molar-refractivity contribution in [2.75, 3.05) is 19.6 Å². The van der Waals surface area contributed by atoms with Crippen LogP contribution in [0.4, 0.5) is 0 Å². The monoisotopic (exact) mass is 466 g/mol. The number of carbonyl (C=O) groups excluding carboxylic acids is 4. The first-order valence-electron chi connectivity index (χ1n) is 11.0. The van der Waals surface area contributed by atoms with Crippen molar-refractivity contribution in [2.24, 2.45) is 0 Å². The summed E-state index contributed by atoms with van der Waals surface area (Å²) in [5, 5.41) is 0.542. The molecule has 0 radical (unpaired) electrons. The summed E-state index contributed by atoms with van der Waals surface area (Å²) in [5.41, 5.74) is 1.50. The van der Waals surface area contributed by atoms with Gasteiger partial charge < -0.3 is 9.64 Å². The zero-order valence-electron chi connectivity index (χ0n) is 18.2. The number of imide groups is 1. The molecule has 3 aliphatic heterocycles. The number of nitrogens with zero attached hydrogens (tertiary/aromatic N) is 2. The summed E-state index contributed by atoms with van der Waals surface area (Å²) >= 11 is 6.17. The van der Waals surface area contributed by atoms with Crippen molar-refractivity contribution in [3.05, 3.63) is 63.7 Å². The van der Waals surface area contributed by atoms with Crippen LogP contribution in [-0.2, 0) is 4.79 Å². The molecule has 0 bridgehead atoms. The second-order valence-corrected chi connectivity index (χ2v) is 9.33. The minimum Gasteiger partial charge on any atom is -0.486 e. The molecule has 0 atom stereocenters. The van der Waals surface area contributed by atoms with Gasteiger partial charge in [0.1, 0.15) is 11.4 Å². The minimum atomic E-state index is -0.621. The maximum Gasteiger partial charge on any atom is 0.261 e.